The maximum absolute atomic E-state index is 12.8. The van der Waals surface area contributed by atoms with Gasteiger partial charge in [-0.05, 0) is 42.0 Å². The molecule has 0 atom stereocenters. The Morgan fingerprint density at radius 3 is 2.55 bits per heavy atom. The third kappa shape index (κ3) is 5.20. The number of rotatable bonds is 6. The molecule has 0 radical (unpaired) electrons. The fourth-order valence-electron chi connectivity index (χ4n) is 1.76. The molecule has 0 aliphatic rings. The van der Waals surface area contributed by atoms with Gasteiger partial charge < -0.3 is 5.32 Å². The van der Waals surface area contributed by atoms with Gasteiger partial charge in [0.25, 0.3) is 5.91 Å². The SMILES string of the molecule is O=C(NCCSCc1ccc(Cl)cc1Cl)c1ccc(F)cc1. The fraction of sp³-hybridized carbons (Fsp3) is 0.188. The van der Waals surface area contributed by atoms with Crippen LogP contribution in [0.3, 0.4) is 0 Å². The van der Waals surface area contributed by atoms with Crippen LogP contribution in [-0.2, 0) is 5.75 Å². The second-order valence-corrected chi connectivity index (χ2v) is 6.50. The molecule has 0 spiro atoms. The van der Waals surface area contributed by atoms with Crippen molar-refractivity contribution in [3.63, 3.8) is 0 Å². The van der Waals surface area contributed by atoms with Gasteiger partial charge in [0.15, 0.2) is 0 Å². The Morgan fingerprint density at radius 2 is 1.86 bits per heavy atom. The largest absolute Gasteiger partial charge is 0.351 e. The second-order valence-electron chi connectivity index (χ2n) is 4.55. The summed E-state index contributed by atoms with van der Waals surface area (Å²) in [4.78, 5) is 11.8. The van der Waals surface area contributed by atoms with Crippen LogP contribution in [0.2, 0.25) is 10.0 Å². The van der Waals surface area contributed by atoms with E-state index in [1.165, 1.54) is 24.3 Å². The Morgan fingerprint density at radius 1 is 1.14 bits per heavy atom. The molecule has 0 aromatic heterocycles. The van der Waals surface area contributed by atoms with Gasteiger partial charge in [-0.15, -0.1) is 0 Å². The summed E-state index contributed by atoms with van der Waals surface area (Å²) in [6.45, 7) is 0.534. The Hall–Kier alpha value is -1.23. The van der Waals surface area contributed by atoms with Gasteiger partial charge in [0.2, 0.25) is 0 Å². The van der Waals surface area contributed by atoms with Gasteiger partial charge in [-0.2, -0.15) is 11.8 Å². The minimum Gasteiger partial charge on any atom is -0.351 e. The predicted octanol–water partition coefficient (Wildman–Crippen LogP) is 4.80. The first-order valence-electron chi connectivity index (χ1n) is 6.61. The van der Waals surface area contributed by atoms with Crippen molar-refractivity contribution in [1.82, 2.24) is 5.32 Å². The topological polar surface area (TPSA) is 29.1 Å². The van der Waals surface area contributed by atoms with Gasteiger partial charge in [0, 0.05) is 33.7 Å². The Kier molecular flexibility index (Phi) is 6.55. The maximum Gasteiger partial charge on any atom is 0.251 e. The molecule has 0 fully saturated rings. The smallest absolute Gasteiger partial charge is 0.251 e. The number of hydrogen-bond acceptors (Lipinski definition) is 2. The van der Waals surface area contributed by atoms with E-state index in [1.54, 1.807) is 23.9 Å². The molecule has 0 bridgehead atoms. The summed E-state index contributed by atoms with van der Waals surface area (Å²) in [6.07, 6.45) is 0. The van der Waals surface area contributed by atoms with Crippen LogP contribution in [0, 0.1) is 5.82 Å². The summed E-state index contributed by atoms with van der Waals surface area (Å²) >= 11 is 13.6. The number of hydrogen-bond donors (Lipinski definition) is 1. The minimum atomic E-state index is -0.355. The van der Waals surface area contributed by atoms with Crippen molar-refractivity contribution < 1.29 is 9.18 Å². The summed E-state index contributed by atoms with van der Waals surface area (Å²) in [5.74, 6) is 0.950. The lowest BCUT2D eigenvalue weighted by atomic mass is 10.2. The second kappa shape index (κ2) is 8.42. The molecule has 0 saturated carbocycles. The number of benzene rings is 2. The van der Waals surface area contributed by atoms with Gasteiger partial charge in [-0.25, -0.2) is 4.39 Å². The van der Waals surface area contributed by atoms with Gasteiger partial charge in [0.05, 0.1) is 0 Å². The molecule has 0 aliphatic carbocycles. The normalized spacial score (nSPS) is 10.5. The van der Waals surface area contributed by atoms with E-state index in [9.17, 15) is 9.18 Å². The maximum atomic E-state index is 12.8. The summed E-state index contributed by atoms with van der Waals surface area (Å²) in [5.41, 5.74) is 1.47. The first-order valence-corrected chi connectivity index (χ1v) is 8.53. The molecule has 2 rings (SSSR count). The van der Waals surface area contributed by atoms with Crippen LogP contribution in [0.25, 0.3) is 0 Å². The van der Waals surface area contributed by atoms with E-state index in [2.05, 4.69) is 5.32 Å². The lowest BCUT2D eigenvalue weighted by Gasteiger charge is -2.07. The van der Waals surface area contributed by atoms with Gasteiger partial charge in [-0.1, -0.05) is 29.3 Å². The molecular formula is C16H14Cl2FNOS. The van der Waals surface area contributed by atoms with E-state index in [4.69, 9.17) is 23.2 Å². The molecule has 2 aromatic rings. The van der Waals surface area contributed by atoms with Crippen LogP contribution in [0.1, 0.15) is 15.9 Å². The fourth-order valence-corrected chi connectivity index (χ4v) is 3.18. The van der Waals surface area contributed by atoms with E-state index in [0.717, 1.165) is 17.1 Å². The average Bonchev–Trinajstić information content (AvgIpc) is 2.49. The van der Waals surface area contributed by atoms with E-state index >= 15 is 0 Å². The Labute approximate surface area is 143 Å². The first kappa shape index (κ1) is 17.1. The van der Waals surface area contributed by atoms with Crippen LogP contribution in [0.15, 0.2) is 42.5 Å². The van der Waals surface area contributed by atoms with Crippen molar-refractivity contribution in [3.05, 3.63) is 69.5 Å². The summed E-state index contributed by atoms with van der Waals surface area (Å²) in [6, 6.07) is 10.9. The molecule has 22 heavy (non-hydrogen) atoms. The predicted molar refractivity (Wildman–Crippen MR) is 91.4 cm³/mol. The number of thioether (sulfide) groups is 1. The van der Waals surface area contributed by atoms with Gasteiger partial charge >= 0.3 is 0 Å². The van der Waals surface area contributed by atoms with E-state index in [1.807, 2.05) is 6.07 Å². The third-order valence-electron chi connectivity index (χ3n) is 2.91. The summed E-state index contributed by atoms with van der Waals surface area (Å²) in [7, 11) is 0. The molecule has 116 valence electrons. The number of amides is 1. The van der Waals surface area contributed by atoms with Crippen LogP contribution >= 0.6 is 35.0 Å². The average molecular weight is 358 g/mol. The van der Waals surface area contributed by atoms with E-state index in [-0.39, 0.29) is 11.7 Å². The van der Waals surface area contributed by atoms with Crippen molar-refractivity contribution in [3.8, 4) is 0 Å². The Balaban J connectivity index is 1.71. The molecule has 0 saturated heterocycles. The Bertz CT molecular complexity index is 649. The summed E-state index contributed by atoms with van der Waals surface area (Å²) in [5, 5.41) is 4.06. The molecule has 1 amide bonds. The monoisotopic (exact) mass is 357 g/mol. The molecule has 1 N–H and O–H groups in total. The molecule has 2 aromatic carbocycles. The number of halogens is 3. The highest BCUT2D eigenvalue weighted by Gasteiger charge is 2.05. The highest BCUT2D eigenvalue weighted by molar-refractivity contribution is 7.98. The first-order chi connectivity index (χ1) is 10.6. The number of carbonyl (C=O) groups excluding carboxylic acids is 1. The highest BCUT2D eigenvalue weighted by Crippen LogP contribution is 2.24. The van der Waals surface area contributed by atoms with Crippen molar-refractivity contribution in [1.29, 1.82) is 0 Å². The van der Waals surface area contributed by atoms with Crippen molar-refractivity contribution in [2.45, 2.75) is 5.75 Å². The zero-order valence-corrected chi connectivity index (χ0v) is 13.9. The number of carbonyl (C=O) groups is 1. The van der Waals surface area contributed by atoms with Crippen molar-refractivity contribution >= 4 is 40.9 Å². The number of nitrogens with one attached hydrogen (secondary N) is 1. The molecule has 2 nitrogen and oxygen atoms in total. The molecule has 0 heterocycles. The van der Waals surface area contributed by atoms with Crippen LogP contribution in [-0.4, -0.2) is 18.2 Å². The van der Waals surface area contributed by atoms with Crippen LogP contribution < -0.4 is 5.32 Å². The zero-order chi connectivity index (χ0) is 15.9. The molecule has 0 aliphatic heterocycles. The van der Waals surface area contributed by atoms with Crippen molar-refractivity contribution in [2.75, 3.05) is 12.3 Å². The minimum absolute atomic E-state index is 0.204. The van der Waals surface area contributed by atoms with E-state index < -0.39 is 0 Å². The van der Waals surface area contributed by atoms with Gasteiger partial charge in [0.1, 0.15) is 5.82 Å². The highest BCUT2D eigenvalue weighted by atomic mass is 35.5. The standard InChI is InChI=1S/C16H14Cl2FNOS/c17-13-4-1-12(15(18)9-13)10-22-8-7-20-16(21)11-2-5-14(19)6-3-11/h1-6,9H,7-8,10H2,(H,20,21). The molecular weight excluding hydrogens is 344 g/mol. The van der Waals surface area contributed by atoms with Gasteiger partial charge in [-0.3, -0.25) is 4.79 Å². The quantitative estimate of drug-likeness (QED) is 0.752. The summed E-state index contributed by atoms with van der Waals surface area (Å²) < 4.78 is 12.8. The van der Waals surface area contributed by atoms with Crippen molar-refractivity contribution in [2.24, 2.45) is 0 Å². The zero-order valence-electron chi connectivity index (χ0n) is 11.6. The van der Waals surface area contributed by atoms with E-state index in [0.29, 0.717) is 22.2 Å². The molecule has 6 heteroatoms. The lowest BCUT2D eigenvalue weighted by molar-refractivity contribution is 0.0956. The third-order valence-corrected chi connectivity index (χ3v) is 4.51. The van der Waals surface area contributed by atoms with Crippen LogP contribution in [0.4, 0.5) is 4.39 Å². The lowest BCUT2D eigenvalue weighted by Crippen LogP contribution is -2.25. The van der Waals surface area contributed by atoms with Crippen LogP contribution in [0.5, 0.6) is 0 Å². The molecule has 0 unspecified atom stereocenters.